The van der Waals surface area contributed by atoms with Crippen molar-refractivity contribution in [2.75, 3.05) is 6.79 Å². The minimum absolute atomic E-state index is 0.0702. The smallest absolute Gasteiger partial charge is 0.231 e. The van der Waals surface area contributed by atoms with Crippen LogP contribution in [0, 0.1) is 0 Å². The van der Waals surface area contributed by atoms with Crippen LogP contribution in [0.5, 0.6) is 17.2 Å². The molecule has 1 aromatic heterocycles. The fraction of sp³-hybridized carbons (Fsp3) is 0.450. The topological polar surface area (TPSA) is 82.6 Å². The van der Waals surface area contributed by atoms with Crippen molar-refractivity contribution in [1.82, 2.24) is 15.3 Å². The van der Waals surface area contributed by atoms with Crippen molar-refractivity contribution in [3.05, 3.63) is 42.5 Å². The highest BCUT2D eigenvalue weighted by atomic mass is 16.7. The number of rotatable bonds is 6. The number of fused-ring (bicyclic) bond motifs is 1. The molecule has 2 aliphatic rings. The molecule has 142 valence electrons. The maximum Gasteiger partial charge on any atom is 0.231 e. The van der Waals surface area contributed by atoms with E-state index in [-0.39, 0.29) is 24.8 Å². The first-order valence-corrected chi connectivity index (χ1v) is 9.37. The molecule has 0 bridgehead atoms. The molecule has 1 aliphatic carbocycles. The Hall–Kier alpha value is -2.83. The number of aromatic nitrogens is 2. The second kappa shape index (κ2) is 8.24. The lowest BCUT2D eigenvalue weighted by molar-refractivity contribution is -0.122. The van der Waals surface area contributed by atoms with Crippen molar-refractivity contribution in [2.45, 2.75) is 50.7 Å². The van der Waals surface area contributed by atoms with Crippen molar-refractivity contribution < 1.29 is 19.0 Å². The van der Waals surface area contributed by atoms with E-state index < -0.39 is 0 Å². The van der Waals surface area contributed by atoms with Crippen molar-refractivity contribution in [3.63, 3.8) is 0 Å². The average Bonchev–Trinajstić information content (AvgIpc) is 3.17. The molecule has 7 nitrogen and oxygen atoms in total. The summed E-state index contributed by atoms with van der Waals surface area (Å²) in [5, 5.41) is 3.13. The predicted molar refractivity (Wildman–Crippen MR) is 97.7 cm³/mol. The van der Waals surface area contributed by atoms with Gasteiger partial charge < -0.3 is 19.5 Å². The standard InChI is InChI=1S/C20H23N3O4/c24-20(8-3-15-12-21-9-10-22-15)23-14-1-4-16(5-2-14)27-17-6-7-18-19(11-17)26-13-25-18/h6-7,9-12,14,16H,1-5,8,13H2,(H,23,24). The van der Waals surface area contributed by atoms with Crippen LogP contribution in [0.25, 0.3) is 0 Å². The van der Waals surface area contributed by atoms with Gasteiger partial charge in [0.2, 0.25) is 12.7 Å². The lowest BCUT2D eigenvalue weighted by Crippen LogP contribution is -2.39. The number of benzene rings is 1. The number of hydrogen-bond acceptors (Lipinski definition) is 6. The average molecular weight is 369 g/mol. The number of amides is 1. The molecular formula is C20H23N3O4. The highest BCUT2D eigenvalue weighted by molar-refractivity contribution is 5.76. The number of hydrogen-bond donors (Lipinski definition) is 1. The third-order valence-corrected chi connectivity index (χ3v) is 4.91. The molecule has 0 atom stereocenters. The van der Waals surface area contributed by atoms with Crippen LogP contribution in [0.2, 0.25) is 0 Å². The van der Waals surface area contributed by atoms with Crippen molar-refractivity contribution in [3.8, 4) is 17.2 Å². The summed E-state index contributed by atoms with van der Waals surface area (Å²) in [4.78, 5) is 20.4. The minimum atomic E-state index is 0.0702. The number of nitrogens with one attached hydrogen (secondary N) is 1. The monoisotopic (exact) mass is 369 g/mol. The molecule has 7 heteroatoms. The Morgan fingerprint density at radius 2 is 2.00 bits per heavy atom. The Balaban J connectivity index is 1.19. The Morgan fingerprint density at radius 3 is 2.81 bits per heavy atom. The van der Waals surface area contributed by atoms with E-state index in [0.717, 1.165) is 48.6 Å². The zero-order chi connectivity index (χ0) is 18.5. The largest absolute Gasteiger partial charge is 0.490 e. The van der Waals surface area contributed by atoms with Gasteiger partial charge in [-0.1, -0.05) is 0 Å². The van der Waals surface area contributed by atoms with Gasteiger partial charge in [-0.25, -0.2) is 0 Å². The summed E-state index contributed by atoms with van der Waals surface area (Å²) in [5.41, 5.74) is 0.841. The molecular weight excluding hydrogens is 346 g/mol. The van der Waals surface area contributed by atoms with Gasteiger partial charge >= 0.3 is 0 Å². The fourth-order valence-corrected chi connectivity index (χ4v) is 3.47. The van der Waals surface area contributed by atoms with Crippen molar-refractivity contribution in [2.24, 2.45) is 0 Å². The van der Waals surface area contributed by atoms with Crippen LogP contribution >= 0.6 is 0 Å². The zero-order valence-corrected chi connectivity index (χ0v) is 15.1. The Bertz CT molecular complexity index is 776. The number of carbonyl (C=O) groups is 1. The maximum absolute atomic E-state index is 12.1. The van der Waals surface area contributed by atoms with Crippen molar-refractivity contribution >= 4 is 5.91 Å². The first-order chi connectivity index (χ1) is 13.3. The Kier molecular flexibility index (Phi) is 5.37. The lowest BCUT2D eigenvalue weighted by Gasteiger charge is -2.29. The Labute approximate surface area is 158 Å². The zero-order valence-electron chi connectivity index (χ0n) is 15.1. The van der Waals surface area contributed by atoms with Gasteiger partial charge in [0.15, 0.2) is 11.5 Å². The van der Waals surface area contributed by atoms with Gasteiger partial charge in [0, 0.05) is 37.1 Å². The third-order valence-electron chi connectivity index (χ3n) is 4.91. The highest BCUT2D eigenvalue weighted by Gasteiger charge is 2.24. The summed E-state index contributed by atoms with van der Waals surface area (Å²) < 4.78 is 16.8. The summed E-state index contributed by atoms with van der Waals surface area (Å²) in [6, 6.07) is 5.88. The predicted octanol–water partition coefficient (Wildman–Crippen LogP) is 2.64. The SMILES string of the molecule is O=C(CCc1cnccn1)NC1CCC(Oc2ccc3c(c2)OCO3)CC1. The summed E-state index contributed by atoms with van der Waals surface area (Å²) in [6.07, 6.45) is 9.88. The molecule has 1 saturated carbocycles. The van der Waals surface area contributed by atoms with Gasteiger partial charge in [-0.15, -0.1) is 0 Å². The highest BCUT2D eigenvalue weighted by Crippen LogP contribution is 2.36. The van der Waals surface area contributed by atoms with Gasteiger partial charge in [0.1, 0.15) is 5.75 Å². The number of nitrogens with zero attached hydrogens (tertiary/aromatic N) is 2. The Morgan fingerprint density at radius 1 is 1.15 bits per heavy atom. The van der Waals surface area contributed by atoms with E-state index in [1.807, 2.05) is 18.2 Å². The van der Waals surface area contributed by atoms with Gasteiger partial charge in [0.25, 0.3) is 0 Å². The summed E-state index contributed by atoms with van der Waals surface area (Å²) in [5.74, 6) is 2.36. The molecule has 1 fully saturated rings. The van der Waals surface area contributed by atoms with Crippen LogP contribution in [-0.2, 0) is 11.2 Å². The second-order valence-corrected chi connectivity index (χ2v) is 6.87. The molecule has 0 saturated heterocycles. The maximum atomic E-state index is 12.1. The fourth-order valence-electron chi connectivity index (χ4n) is 3.47. The van der Waals surface area contributed by atoms with E-state index in [1.165, 1.54) is 0 Å². The van der Waals surface area contributed by atoms with Crippen LogP contribution in [0.4, 0.5) is 0 Å². The van der Waals surface area contributed by atoms with E-state index in [4.69, 9.17) is 14.2 Å². The number of aryl methyl sites for hydroxylation is 1. The molecule has 27 heavy (non-hydrogen) atoms. The van der Waals surface area contributed by atoms with Gasteiger partial charge in [-0.2, -0.15) is 0 Å². The van der Waals surface area contributed by atoms with Crippen molar-refractivity contribution in [1.29, 1.82) is 0 Å². The molecule has 1 N–H and O–H groups in total. The quantitative estimate of drug-likeness (QED) is 0.843. The molecule has 1 aromatic carbocycles. The van der Waals surface area contributed by atoms with Gasteiger partial charge in [-0.3, -0.25) is 14.8 Å². The minimum Gasteiger partial charge on any atom is -0.490 e. The van der Waals surface area contributed by atoms with E-state index in [2.05, 4.69) is 15.3 Å². The van der Waals surface area contributed by atoms with Gasteiger partial charge in [-0.05, 0) is 44.2 Å². The number of ether oxygens (including phenoxy) is 3. The summed E-state index contributed by atoms with van der Waals surface area (Å²) in [7, 11) is 0. The van der Waals surface area contributed by atoms with Crippen LogP contribution in [0.15, 0.2) is 36.8 Å². The van der Waals surface area contributed by atoms with E-state index >= 15 is 0 Å². The first-order valence-electron chi connectivity index (χ1n) is 9.37. The van der Waals surface area contributed by atoms with E-state index in [9.17, 15) is 4.79 Å². The lowest BCUT2D eigenvalue weighted by atomic mass is 9.92. The summed E-state index contributed by atoms with van der Waals surface area (Å²) >= 11 is 0. The number of carbonyl (C=O) groups excluding carboxylic acids is 1. The molecule has 0 radical (unpaired) electrons. The van der Waals surface area contributed by atoms with E-state index in [0.29, 0.717) is 12.8 Å². The van der Waals surface area contributed by atoms with E-state index in [1.54, 1.807) is 18.6 Å². The van der Waals surface area contributed by atoms with Crippen LogP contribution < -0.4 is 19.5 Å². The van der Waals surface area contributed by atoms with Crippen LogP contribution in [0.1, 0.15) is 37.8 Å². The molecule has 0 unspecified atom stereocenters. The molecule has 2 heterocycles. The summed E-state index contributed by atoms with van der Waals surface area (Å²) in [6.45, 7) is 0.264. The molecule has 4 rings (SSSR count). The van der Waals surface area contributed by atoms with Crippen LogP contribution in [0.3, 0.4) is 0 Å². The molecule has 1 amide bonds. The second-order valence-electron chi connectivity index (χ2n) is 6.87. The molecule has 2 aromatic rings. The first kappa shape index (κ1) is 17.6. The molecule has 0 spiro atoms. The third kappa shape index (κ3) is 4.67. The normalized spacial score (nSPS) is 20.9. The van der Waals surface area contributed by atoms with Gasteiger partial charge in [0.05, 0.1) is 11.8 Å². The molecule has 1 aliphatic heterocycles. The van der Waals surface area contributed by atoms with Crippen LogP contribution in [-0.4, -0.2) is 34.8 Å².